The van der Waals surface area contributed by atoms with Gasteiger partial charge in [-0.15, -0.1) is 0 Å². The Balaban J connectivity index is 0.000000960. The zero-order chi connectivity index (χ0) is 21.8. The lowest BCUT2D eigenvalue weighted by molar-refractivity contribution is -0.384. The second kappa shape index (κ2) is 12.2. The average Bonchev–Trinajstić information content (AvgIpc) is 2.72. The first-order valence-electron chi connectivity index (χ1n) is 8.95. The number of benzene rings is 2. The van der Waals surface area contributed by atoms with Gasteiger partial charge in [-0.3, -0.25) is 20.3 Å². The molecule has 0 spiro atoms. The highest BCUT2D eigenvalue weighted by Gasteiger charge is 2.12. The number of hydrogen-bond donors (Lipinski definition) is 3. The predicted octanol–water partition coefficient (Wildman–Crippen LogP) is 5.79. The van der Waals surface area contributed by atoms with Crippen LogP contribution in [-0.4, -0.2) is 21.7 Å². The number of amides is 1. The molecule has 0 saturated heterocycles. The van der Waals surface area contributed by atoms with Crippen molar-refractivity contribution >= 4 is 39.8 Å². The lowest BCUT2D eigenvalue weighted by Gasteiger charge is -2.07. The minimum Gasteiger partial charge on any atom is -0.322 e. The molecule has 29 heavy (non-hydrogen) atoms. The molecule has 2 aromatic rings. The van der Waals surface area contributed by atoms with Crippen molar-refractivity contribution in [2.75, 3.05) is 5.32 Å². The normalized spacial score (nSPS) is 10.0. The van der Waals surface area contributed by atoms with Gasteiger partial charge in [-0.2, -0.15) is 0 Å². The van der Waals surface area contributed by atoms with Gasteiger partial charge in [0.15, 0.2) is 0 Å². The molecule has 0 atom stereocenters. The van der Waals surface area contributed by atoms with E-state index in [1.807, 2.05) is 0 Å². The van der Waals surface area contributed by atoms with Crippen molar-refractivity contribution in [3.05, 3.63) is 81.9 Å². The third kappa shape index (κ3) is 8.49. The minimum atomic E-state index is -0.570. The van der Waals surface area contributed by atoms with Crippen LogP contribution in [0.1, 0.15) is 42.6 Å². The zero-order valence-corrected chi connectivity index (χ0v) is 17.0. The molecular formula is C21H23ClN4O3. The van der Waals surface area contributed by atoms with Crippen LogP contribution in [-0.2, 0) is 0 Å². The molecule has 0 bridgehead atoms. The van der Waals surface area contributed by atoms with Gasteiger partial charge in [-0.25, -0.2) is 0 Å². The molecule has 0 aliphatic heterocycles. The van der Waals surface area contributed by atoms with E-state index in [4.69, 9.17) is 22.4 Å². The topological polar surface area (TPSA) is 120 Å². The van der Waals surface area contributed by atoms with Gasteiger partial charge < -0.3 is 10.7 Å². The number of rotatable bonds is 7. The van der Waals surface area contributed by atoms with Crippen molar-refractivity contribution in [1.82, 2.24) is 0 Å². The van der Waals surface area contributed by atoms with Crippen LogP contribution in [0.3, 0.4) is 0 Å². The maximum Gasteiger partial charge on any atom is 0.270 e. The monoisotopic (exact) mass is 414 g/mol. The second-order valence-corrected chi connectivity index (χ2v) is 6.34. The molecule has 0 unspecified atom stereocenters. The molecule has 0 fully saturated rings. The molecule has 2 aromatic carbocycles. The molecule has 0 radical (unpaired) electrons. The first-order valence-corrected chi connectivity index (χ1v) is 9.33. The SMILES string of the molecule is CCCC.N=C(Cl)/C=C\C(=N)c1cccc(NC(=O)c2cccc([N+](=O)[O-])c2)c1. The van der Waals surface area contributed by atoms with Crippen LogP contribution in [0.25, 0.3) is 0 Å². The molecule has 152 valence electrons. The van der Waals surface area contributed by atoms with Crippen molar-refractivity contribution in [2.45, 2.75) is 26.7 Å². The summed E-state index contributed by atoms with van der Waals surface area (Å²) in [4.78, 5) is 22.5. The maximum absolute atomic E-state index is 12.2. The molecule has 0 aromatic heterocycles. The van der Waals surface area contributed by atoms with E-state index in [0.29, 0.717) is 11.3 Å². The number of hydrogen-bond acceptors (Lipinski definition) is 5. The standard InChI is InChI=1S/C17H13ClN4O3.C4H10/c18-16(20)8-7-15(19)11-3-1-5-13(9-11)21-17(23)12-4-2-6-14(10-12)22(24)25;1-3-4-2/h1-10,19-20H,(H,21,23);3-4H2,1-2H3/b8-7-,19-15?,20-16?;. The molecule has 0 aliphatic carbocycles. The Labute approximate surface area is 174 Å². The van der Waals surface area contributed by atoms with Gasteiger partial charge in [0, 0.05) is 28.9 Å². The Morgan fingerprint density at radius 3 is 2.28 bits per heavy atom. The average molecular weight is 415 g/mol. The number of carbonyl (C=O) groups is 1. The summed E-state index contributed by atoms with van der Waals surface area (Å²) in [7, 11) is 0. The highest BCUT2D eigenvalue weighted by molar-refractivity contribution is 6.67. The lowest BCUT2D eigenvalue weighted by atomic mass is 10.1. The maximum atomic E-state index is 12.2. The Bertz CT molecular complexity index is 924. The van der Waals surface area contributed by atoms with Gasteiger partial charge in [-0.1, -0.05) is 56.5 Å². The fourth-order valence-electron chi connectivity index (χ4n) is 1.98. The molecule has 8 heteroatoms. The van der Waals surface area contributed by atoms with Crippen LogP contribution in [0.15, 0.2) is 60.7 Å². The molecule has 1 amide bonds. The number of allylic oxidation sites excluding steroid dienone is 2. The van der Waals surface area contributed by atoms with Crippen LogP contribution in [0.2, 0.25) is 0 Å². The fraction of sp³-hybridized carbons (Fsp3) is 0.190. The Morgan fingerprint density at radius 2 is 1.69 bits per heavy atom. The Kier molecular flexibility index (Phi) is 9.98. The van der Waals surface area contributed by atoms with Crippen LogP contribution in [0.4, 0.5) is 11.4 Å². The Morgan fingerprint density at radius 1 is 1.07 bits per heavy atom. The first-order chi connectivity index (χ1) is 13.8. The number of nitrogens with one attached hydrogen (secondary N) is 3. The number of nitro benzene ring substituents is 1. The summed E-state index contributed by atoms with van der Waals surface area (Å²) >= 11 is 5.41. The third-order valence-corrected chi connectivity index (χ3v) is 3.77. The van der Waals surface area contributed by atoms with Crippen LogP contribution in [0.5, 0.6) is 0 Å². The largest absolute Gasteiger partial charge is 0.322 e. The smallest absolute Gasteiger partial charge is 0.270 e. The molecule has 2 rings (SSSR count). The number of carbonyl (C=O) groups excluding carboxylic acids is 1. The highest BCUT2D eigenvalue weighted by atomic mass is 35.5. The summed E-state index contributed by atoms with van der Waals surface area (Å²) in [6.45, 7) is 4.36. The Hall–Kier alpha value is -3.32. The minimum absolute atomic E-state index is 0.122. The highest BCUT2D eigenvalue weighted by Crippen LogP contribution is 2.16. The molecule has 0 saturated carbocycles. The number of nitro groups is 1. The number of halogens is 1. The number of non-ortho nitro benzene ring substituents is 1. The van der Waals surface area contributed by atoms with Gasteiger partial charge in [-0.05, 0) is 30.4 Å². The summed E-state index contributed by atoms with van der Waals surface area (Å²) in [5.74, 6) is -0.495. The van der Waals surface area contributed by atoms with Crippen molar-refractivity contribution in [2.24, 2.45) is 0 Å². The summed E-state index contributed by atoms with van der Waals surface area (Å²) in [5, 5.41) is 28.2. The van der Waals surface area contributed by atoms with E-state index < -0.39 is 10.8 Å². The molecule has 0 heterocycles. The van der Waals surface area contributed by atoms with E-state index in [2.05, 4.69) is 19.2 Å². The van der Waals surface area contributed by atoms with Crippen molar-refractivity contribution < 1.29 is 9.72 Å². The van der Waals surface area contributed by atoms with E-state index in [0.717, 1.165) is 0 Å². The predicted molar refractivity (Wildman–Crippen MR) is 118 cm³/mol. The fourth-order valence-corrected chi connectivity index (χ4v) is 2.04. The second-order valence-electron chi connectivity index (χ2n) is 5.94. The summed E-state index contributed by atoms with van der Waals surface area (Å²) in [6, 6.07) is 12.0. The van der Waals surface area contributed by atoms with Gasteiger partial charge in [0.1, 0.15) is 5.17 Å². The van der Waals surface area contributed by atoms with Crippen molar-refractivity contribution in [3.63, 3.8) is 0 Å². The lowest BCUT2D eigenvalue weighted by Crippen LogP contribution is -2.12. The van der Waals surface area contributed by atoms with E-state index in [1.54, 1.807) is 24.3 Å². The van der Waals surface area contributed by atoms with Gasteiger partial charge >= 0.3 is 0 Å². The van der Waals surface area contributed by atoms with Gasteiger partial charge in [0.05, 0.1) is 10.6 Å². The van der Waals surface area contributed by atoms with E-state index in [9.17, 15) is 14.9 Å². The molecule has 7 nitrogen and oxygen atoms in total. The van der Waals surface area contributed by atoms with Gasteiger partial charge in [0.25, 0.3) is 11.6 Å². The number of anilines is 1. The third-order valence-electron chi connectivity index (χ3n) is 3.65. The van der Waals surface area contributed by atoms with Gasteiger partial charge in [0.2, 0.25) is 0 Å². The van der Waals surface area contributed by atoms with E-state index in [-0.39, 0.29) is 22.1 Å². The van der Waals surface area contributed by atoms with Crippen LogP contribution in [0, 0.1) is 20.9 Å². The molecular weight excluding hydrogens is 392 g/mol. The quantitative estimate of drug-likeness (QED) is 0.302. The molecule has 3 N–H and O–H groups in total. The van der Waals surface area contributed by atoms with Crippen LogP contribution >= 0.6 is 11.6 Å². The molecule has 0 aliphatic rings. The summed E-state index contributed by atoms with van der Waals surface area (Å²) in [6.07, 6.45) is 5.29. The first kappa shape index (κ1) is 23.7. The van der Waals surface area contributed by atoms with Crippen molar-refractivity contribution in [1.29, 1.82) is 10.8 Å². The summed E-state index contributed by atoms with van der Waals surface area (Å²) < 4.78 is 0. The summed E-state index contributed by atoms with van der Waals surface area (Å²) in [5.41, 5.74) is 1.07. The van der Waals surface area contributed by atoms with Crippen LogP contribution < -0.4 is 5.32 Å². The van der Waals surface area contributed by atoms with Crippen molar-refractivity contribution in [3.8, 4) is 0 Å². The zero-order valence-electron chi connectivity index (χ0n) is 16.2. The number of unbranched alkanes of at least 4 members (excludes halogenated alkanes) is 1. The number of nitrogens with zero attached hydrogens (tertiary/aromatic N) is 1. The van der Waals surface area contributed by atoms with E-state index in [1.165, 1.54) is 49.3 Å². The van der Waals surface area contributed by atoms with E-state index >= 15 is 0 Å².